The molecule has 1 heterocycles. The van der Waals surface area contributed by atoms with Crippen LogP contribution in [0, 0.1) is 6.92 Å². The predicted octanol–water partition coefficient (Wildman–Crippen LogP) is 5.18. The van der Waals surface area contributed by atoms with Crippen molar-refractivity contribution in [3.63, 3.8) is 0 Å². The van der Waals surface area contributed by atoms with Gasteiger partial charge in [-0.05, 0) is 66.4 Å². The predicted molar refractivity (Wildman–Crippen MR) is 115 cm³/mol. The Balaban J connectivity index is 1.73. The van der Waals surface area contributed by atoms with Crippen LogP contribution in [0.3, 0.4) is 0 Å². The summed E-state index contributed by atoms with van der Waals surface area (Å²) in [7, 11) is 0. The monoisotopic (exact) mass is 388 g/mol. The molecule has 3 N–H and O–H groups in total. The fourth-order valence-corrected chi connectivity index (χ4v) is 3.30. The number of hydrogen-bond acceptors (Lipinski definition) is 5. The number of nitrogens with zero attached hydrogens (tertiary/aromatic N) is 3. The molecule has 0 unspecified atom stereocenters. The topological polar surface area (TPSA) is 83.2 Å². The summed E-state index contributed by atoms with van der Waals surface area (Å²) in [6.07, 6.45) is 0. The van der Waals surface area contributed by atoms with E-state index in [2.05, 4.69) is 36.3 Å². The summed E-state index contributed by atoms with van der Waals surface area (Å²) < 4.78 is 0. The number of benzene rings is 3. The van der Waals surface area contributed by atoms with Crippen molar-refractivity contribution in [2.24, 2.45) is 0 Å². The van der Waals surface area contributed by atoms with Crippen molar-refractivity contribution in [2.45, 2.75) is 33.1 Å². The second-order valence-corrected chi connectivity index (χ2v) is 8.30. The van der Waals surface area contributed by atoms with Crippen molar-refractivity contribution >= 4 is 22.4 Å². The first-order valence-corrected chi connectivity index (χ1v) is 9.48. The first-order chi connectivity index (χ1) is 13.7. The van der Waals surface area contributed by atoms with Gasteiger partial charge in [0.15, 0.2) is 0 Å². The van der Waals surface area contributed by atoms with Gasteiger partial charge in [0.05, 0.1) is 0 Å². The molecule has 1 aromatic heterocycles. The normalized spacial score (nSPS) is 11.7. The van der Waals surface area contributed by atoms with E-state index in [9.17, 15) is 10.2 Å². The number of phenols is 2. The lowest BCUT2D eigenvalue weighted by Gasteiger charge is -2.22. The average molecular weight is 388 g/mol. The third kappa shape index (κ3) is 3.74. The van der Waals surface area contributed by atoms with Gasteiger partial charge in [0, 0.05) is 16.9 Å². The molecule has 6 nitrogen and oxygen atoms in total. The Kier molecular flexibility index (Phi) is 4.42. The minimum atomic E-state index is -0.196. The molecule has 0 bridgehead atoms. The second kappa shape index (κ2) is 6.81. The molecule has 0 saturated heterocycles. The van der Waals surface area contributed by atoms with E-state index in [-0.39, 0.29) is 16.9 Å². The van der Waals surface area contributed by atoms with E-state index in [0.717, 1.165) is 28.0 Å². The van der Waals surface area contributed by atoms with E-state index in [1.165, 1.54) is 4.80 Å². The van der Waals surface area contributed by atoms with Crippen LogP contribution < -0.4 is 5.32 Å². The Morgan fingerprint density at radius 2 is 1.48 bits per heavy atom. The Morgan fingerprint density at radius 1 is 0.828 bits per heavy atom. The van der Waals surface area contributed by atoms with Gasteiger partial charge in [0.2, 0.25) is 0 Å². The Bertz CT molecular complexity index is 1190. The average Bonchev–Trinajstić information content (AvgIpc) is 3.07. The van der Waals surface area contributed by atoms with Crippen LogP contribution in [-0.2, 0) is 5.41 Å². The van der Waals surface area contributed by atoms with Gasteiger partial charge in [-0.25, -0.2) is 0 Å². The molecule has 6 heteroatoms. The third-order valence-electron chi connectivity index (χ3n) is 4.79. The minimum Gasteiger partial charge on any atom is -0.508 e. The molecule has 0 radical (unpaired) electrons. The highest BCUT2D eigenvalue weighted by atomic mass is 16.3. The van der Waals surface area contributed by atoms with Gasteiger partial charge < -0.3 is 15.5 Å². The molecule has 29 heavy (non-hydrogen) atoms. The Labute approximate surface area is 169 Å². The fourth-order valence-electron chi connectivity index (χ4n) is 3.30. The minimum absolute atomic E-state index is 0.196. The van der Waals surface area contributed by atoms with Gasteiger partial charge in [-0.1, -0.05) is 26.8 Å². The van der Waals surface area contributed by atoms with Crippen molar-refractivity contribution in [1.82, 2.24) is 15.0 Å². The number of hydrogen-bond donors (Lipinski definition) is 3. The van der Waals surface area contributed by atoms with Crippen LogP contribution in [-0.4, -0.2) is 25.2 Å². The SMILES string of the molecule is Cc1cc(-n2nc3ccc(Nc4ccc(O)cc4)cc3n2)c(O)c(C(C)(C)C)c1. The molecule has 0 spiro atoms. The lowest BCUT2D eigenvalue weighted by atomic mass is 9.85. The lowest BCUT2D eigenvalue weighted by molar-refractivity contribution is 0.440. The summed E-state index contributed by atoms with van der Waals surface area (Å²) in [5.74, 6) is 0.424. The smallest absolute Gasteiger partial charge is 0.146 e. The van der Waals surface area contributed by atoms with Crippen LogP contribution in [0.2, 0.25) is 0 Å². The highest BCUT2D eigenvalue weighted by Crippen LogP contribution is 2.36. The van der Waals surface area contributed by atoms with Crippen LogP contribution in [0.25, 0.3) is 16.7 Å². The summed E-state index contributed by atoms with van der Waals surface area (Å²) in [4.78, 5) is 1.49. The van der Waals surface area contributed by atoms with Crippen molar-refractivity contribution in [3.8, 4) is 17.2 Å². The van der Waals surface area contributed by atoms with Gasteiger partial charge in [0.1, 0.15) is 28.2 Å². The van der Waals surface area contributed by atoms with E-state index in [1.54, 1.807) is 24.3 Å². The quantitative estimate of drug-likeness (QED) is 0.421. The highest BCUT2D eigenvalue weighted by Gasteiger charge is 2.22. The Hall–Kier alpha value is -3.54. The molecule has 0 amide bonds. The number of aromatic hydroxyl groups is 2. The van der Waals surface area contributed by atoms with Crippen LogP contribution >= 0.6 is 0 Å². The molecule has 148 valence electrons. The maximum Gasteiger partial charge on any atom is 0.146 e. The number of nitrogens with one attached hydrogen (secondary N) is 1. The molecule has 4 rings (SSSR count). The summed E-state index contributed by atoms with van der Waals surface area (Å²) in [5, 5.41) is 32.7. The van der Waals surface area contributed by atoms with Gasteiger partial charge in [0.25, 0.3) is 0 Å². The van der Waals surface area contributed by atoms with E-state index >= 15 is 0 Å². The molecule has 0 aliphatic carbocycles. The molecule has 0 aliphatic heterocycles. The molecule has 0 aliphatic rings. The summed E-state index contributed by atoms with van der Waals surface area (Å²) in [5.41, 5.74) is 5.45. The zero-order valence-corrected chi connectivity index (χ0v) is 16.9. The Morgan fingerprint density at radius 3 is 2.17 bits per heavy atom. The van der Waals surface area contributed by atoms with Crippen molar-refractivity contribution in [3.05, 3.63) is 65.7 Å². The lowest BCUT2D eigenvalue weighted by Crippen LogP contribution is -2.13. The van der Waals surface area contributed by atoms with E-state index in [0.29, 0.717) is 11.2 Å². The van der Waals surface area contributed by atoms with Gasteiger partial charge in [-0.2, -0.15) is 0 Å². The second-order valence-electron chi connectivity index (χ2n) is 8.30. The van der Waals surface area contributed by atoms with Crippen molar-refractivity contribution < 1.29 is 10.2 Å². The van der Waals surface area contributed by atoms with Crippen LogP contribution in [0.1, 0.15) is 31.9 Å². The molecular formula is C23H24N4O2. The highest BCUT2D eigenvalue weighted by molar-refractivity contribution is 5.80. The fraction of sp³-hybridized carbons (Fsp3) is 0.217. The summed E-state index contributed by atoms with van der Waals surface area (Å²) in [6.45, 7) is 8.21. The number of phenolic OH excluding ortho intramolecular Hbond substituents is 2. The van der Waals surface area contributed by atoms with Crippen molar-refractivity contribution in [1.29, 1.82) is 0 Å². The largest absolute Gasteiger partial charge is 0.508 e. The standard InChI is InChI=1S/C23H24N4O2/c1-14-11-18(23(2,3)4)22(29)21(12-14)27-25-19-10-7-16(13-20(19)26-27)24-15-5-8-17(28)9-6-15/h5-13,24,28-29H,1-4H3. The molecule has 0 atom stereocenters. The number of aryl methyl sites for hydroxylation is 1. The third-order valence-corrected chi connectivity index (χ3v) is 4.79. The molecule has 0 fully saturated rings. The number of rotatable bonds is 3. The molecule has 4 aromatic rings. The van der Waals surface area contributed by atoms with E-state index in [1.807, 2.05) is 37.3 Å². The molecule has 0 saturated carbocycles. The van der Waals surface area contributed by atoms with Crippen LogP contribution in [0.5, 0.6) is 11.5 Å². The zero-order chi connectivity index (χ0) is 20.8. The first-order valence-electron chi connectivity index (χ1n) is 9.48. The van der Waals surface area contributed by atoms with Crippen molar-refractivity contribution in [2.75, 3.05) is 5.32 Å². The number of anilines is 2. The van der Waals surface area contributed by atoms with E-state index in [4.69, 9.17) is 0 Å². The molecule has 3 aromatic carbocycles. The number of fused-ring (bicyclic) bond motifs is 1. The van der Waals surface area contributed by atoms with E-state index < -0.39 is 0 Å². The van der Waals surface area contributed by atoms with Gasteiger partial charge in [-0.3, -0.25) is 0 Å². The number of aromatic nitrogens is 3. The maximum atomic E-state index is 10.9. The molecular weight excluding hydrogens is 364 g/mol. The van der Waals surface area contributed by atoms with Crippen LogP contribution in [0.4, 0.5) is 11.4 Å². The van der Waals surface area contributed by atoms with Gasteiger partial charge >= 0.3 is 0 Å². The van der Waals surface area contributed by atoms with Gasteiger partial charge in [-0.15, -0.1) is 15.0 Å². The maximum absolute atomic E-state index is 10.9. The summed E-state index contributed by atoms with van der Waals surface area (Å²) >= 11 is 0. The van der Waals surface area contributed by atoms with Crippen LogP contribution in [0.15, 0.2) is 54.6 Å². The zero-order valence-electron chi connectivity index (χ0n) is 16.9. The first kappa shape index (κ1) is 18.8. The summed E-state index contributed by atoms with van der Waals surface area (Å²) in [6, 6.07) is 16.5.